The van der Waals surface area contributed by atoms with Crippen LogP contribution in [0.5, 0.6) is 0 Å². The Hall–Kier alpha value is -1.85. The molecule has 62 valence electrons. The zero-order valence-corrected chi connectivity index (χ0v) is 6.40. The van der Waals surface area contributed by atoms with Gasteiger partial charge in [0, 0.05) is 7.05 Å². The monoisotopic (exact) mass is 165 g/mol. The molecule has 2 rings (SSSR count). The van der Waals surface area contributed by atoms with E-state index in [1.54, 1.807) is 7.05 Å². The first-order valence-corrected chi connectivity index (χ1v) is 3.35. The first kappa shape index (κ1) is 6.84. The Labute approximate surface area is 67.1 Å². The van der Waals surface area contributed by atoms with Crippen LogP contribution in [0.1, 0.15) is 0 Å². The number of nitrogen functional groups attached to an aromatic ring is 1. The van der Waals surface area contributed by atoms with Crippen LogP contribution in [-0.2, 0) is 7.05 Å². The molecule has 0 saturated carbocycles. The number of hydrogen-bond acceptors (Lipinski definition) is 4. The molecule has 0 fully saturated rings. The first-order chi connectivity index (χ1) is 5.68. The van der Waals surface area contributed by atoms with Gasteiger partial charge in [0.25, 0.3) is 0 Å². The lowest BCUT2D eigenvalue weighted by Gasteiger charge is -1.91. The molecule has 0 aliphatic carbocycles. The summed E-state index contributed by atoms with van der Waals surface area (Å²) >= 11 is 0. The van der Waals surface area contributed by atoms with E-state index in [0.717, 1.165) is 0 Å². The fourth-order valence-electron chi connectivity index (χ4n) is 1.02. The topological polar surface area (TPSA) is 89.6 Å². The quantitative estimate of drug-likeness (QED) is 0.536. The molecule has 0 aromatic carbocycles. The number of imidazole rings is 1. The van der Waals surface area contributed by atoms with Crippen molar-refractivity contribution in [1.82, 2.24) is 19.5 Å². The zero-order valence-electron chi connectivity index (χ0n) is 6.40. The van der Waals surface area contributed by atoms with Crippen LogP contribution in [0.15, 0.2) is 11.0 Å². The Morgan fingerprint density at radius 1 is 1.67 bits per heavy atom. The number of aromatic amines is 1. The maximum Gasteiger partial charge on any atom is 0.327 e. The predicted octanol–water partition coefficient (Wildman–Crippen LogP) is -0.761. The van der Waals surface area contributed by atoms with E-state index < -0.39 is 0 Å². The van der Waals surface area contributed by atoms with Crippen LogP contribution in [-0.4, -0.2) is 19.5 Å². The van der Waals surface area contributed by atoms with Crippen LogP contribution in [0.3, 0.4) is 0 Å². The molecule has 12 heavy (non-hydrogen) atoms. The van der Waals surface area contributed by atoms with E-state index in [1.807, 2.05) is 0 Å². The number of anilines is 1. The summed E-state index contributed by atoms with van der Waals surface area (Å²) in [4.78, 5) is 21.2. The number of aryl methyl sites for hydroxylation is 1. The normalized spacial score (nSPS) is 10.8. The number of nitrogens with two attached hydrogens (primary N) is 1. The third kappa shape index (κ3) is 0.777. The van der Waals surface area contributed by atoms with Gasteiger partial charge in [-0.05, 0) is 0 Å². The molecule has 3 N–H and O–H groups in total. The van der Waals surface area contributed by atoms with E-state index in [0.29, 0.717) is 11.2 Å². The van der Waals surface area contributed by atoms with Gasteiger partial charge >= 0.3 is 5.69 Å². The highest BCUT2D eigenvalue weighted by atomic mass is 16.1. The second-order valence-electron chi connectivity index (χ2n) is 2.45. The van der Waals surface area contributed by atoms with Crippen LogP contribution in [0.4, 0.5) is 5.95 Å². The van der Waals surface area contributed by atoms with Crippen molar-refractivity contribution in [1.29, 1.82) is 0 Å². The van der Waals surface area contributed by atoms with Gasteiger partial charge in [-0.2, -0.15) is 4.98 Å². The summed E-state index contributed by atoms with van der Waals surface area (Å²) in [5, 5.41) is 0. The van der Waals surface area contributed by atoms with Gasteiger partial charge in [0.05, 0.1) is 6.20 Å². The van der Waals surface area contributed by atoms with Crippen molar-refractivity contribution in [3.63, 3.8) is 0 Å². The van der Waals surface area contributed by atoms with Gasteiger partial charge in [0.15, 0.2) is 5.65 Å². The van der Waals surface area contributed by atoms with Gasteiger partial charge in [-0.3, -0.25) is 9.55 Å². The van der Waals surface area contributed by atoms with Gasteiger partial charge in [-0.1, -0.05) is 0 Å². The van der Waals surface area contributed by atoms with Crippen molar-refractivity contribution in [2.45, 2.75) is 0 Å². The summed E-state index contributed by atoms with van der Waals surface area (Å²) < 4.78 is 1.43. The van der Waals surface area contributed by atoms with E-state index in [-0.39, 0.29) is 11.6 Å². The minimum Gasteiger partial charge on any atom is -0.368 e. The Kier molecular flexibility index (Phi) is 1.18. The molecular formula is C6H7N5O. The molecule has 6 heteroatoms. The van der Waals surface area contributed by atoms with Gasteiger partial charge in [0.1, 0.15) is 5.52 Å². The molecule has 6 nitrogen and oxygen atoms in total. The highest BCUT2D eigenvalue weighted by Gasteiger charge is 2.03. The summed E-state index contributed by atoms with van der Waals surface area (Å²) in [6.45, 7) is 0. The van der Waals surface area contributed by atoms with Crippen LogP contribution in [0, 0.1) is 0 Å². The maximum absolute atomic E-state index is 11.0. The molecule has 0 amide bonds. The summed E-state index contributed by atoms with van der Waals surface area (Å²) in [5.74, 6) is 0.157. The fourth-order valence-corrected chi connectivity index (χ4v) is 1.02. The van der Waals surface area contributed by atoms with E-state index >= 15 is 0 Å². The van der Waals surface area contributed by atoms with Gasteiger partial charge in [-0.15, -0.1) is 0 Å². The number of hydrogen-bond donors (Lipinski definition) is 2. The molecule has 0 radical (unpaired) electrons. The lowest BCUT2D eigenvalue weighted by atomic mass is 10.5. The summed E-state index contributed by atoms with van der Waals surface area (Å²) in [6.07, 6.45) is 1.51. The van der Waals surface area contributed by atoms with Crippen molar-refractivity contribution in [3.8, 4) is 0 Å². The van der Waals surface area contributed by atoms with Crippen LogP contribution in [0.2, 0.25) is 0 Å². The number of aromatic nitrogens is 4. The highest BCUT2D eigenvalue weighted by Crippen LogP contribution is 2.04. The van der Waals surface area contributed by atoms with E-state index in [1.165, 1.54) is 10.8 Å². The average Bonchev–Trinajstić information content (AvgIpc) is 2.28. The van der Waals surface area contributed by atoms with E-state index in [4.69, 9.17) is 5.73 Å². The Morgan fingerprint density at radius 2 is 2.42 bits per heavy atom. The van der Waals surface area contributed by atoms with E-state index in [2.05, 4.69) is 15.0 Å². The molecule has 0 saturated heterocycles. The molecule has 2 aromatic rings. The van der Waals surface area contributed by atoms with Crippen molar-refractivity contribution < 1.29 is 0 Å². The fraction of sp³-hybridized carbons (Fsp3) is 0.167. The SMILES string of the molecule is Cn1c(=O)[nH]c2nc(N)ncc21. The van der Waals surface area contributed by atoms with Gasteiger partial charge in [0.2, 0.25) is 5.95 Å². The summed E-state index contributed by atoms with van der Waals surface area (Å²) in [6, 6.07) is 0. The van der Waals surface area contributed by atoms with Crippen LogP contribution in [0.25, 0.3) is 11.2 Å². The zero-order chi connectivity index (χ0) is 8.72. The molecule has 0 unspecified atom stereocenters. The maximum atomic E-state index is 11.0. The second-order valence-corrected chi connectivity index (χ2v) is 2.45. The van der Waals surface area contributed by atoms with Crippen LogP contribution < -0.4 is 11.4 Å². The summed E-state index contributed by atoms with van der Waals surface area (Å²) in [5.41, 5.74) is 6.23. The highest BCUT2D eigenvalue weighted by molar-refractivity contribution is 5.70. The van der Waals surface area contributed by atoms with Crippen molar-refractivity contribution in [2.24, 2.45) is 7.05 Å². The third-order valence-corrected chi connectivity index (χ3v) is 1.68. The smallest absolute Gasteiger partial charge is 0.327 e. The molecular weight excluding hydrogens is 158 g/mol. The molecule has 0 atom stereocenters. The Bertz CT molecular complexity index is 482. The summed E-state index contributed by atoms with van der Waals surface area (Å²) in [7, 11) is 1.64. The number of rotatable bonds is 0. The Balaban J connectivity index is 2.96. The number of nitrogens with zero attached hydrogens (tertiary/aromatic N) is 3. The minimum atomic E-state index is -0.218. The number of H-pyrrole nitrogens is 1. The lowest BCUT2D eigenvalue weighted by molar-refractivity contribution is 0.890. The van der Waals surface area contributed by atoms with Gasteiger partial charge in [-0.25, -0.2) is 9.78 Å². The average molecular weight is 165 g/mol. The van der Waals surface area contributed by atoms with E-state index in [9.17, 15) is 4.79 Å². The number of fused-ring (bicyclic) bond motifs is 1. The lowest BCUT2D eigenvalue weighted by Crippen LogP contribution is -2.11. The van der Waals surface area contributed by atoms with Gasteiger partial charge < -0.3 is 5.73 Å². The molecule has 2 heterocycles. The minimum absolute atomic E-state index is 0.157. The predicted molar refractivity (Wildman–Crippen MR) is 43.5 cm³/mol. The molecule has 0 bridgehead atoms. The molecule has 0 aliphatic rings. The Morgan fingerprint density at radius 3 is 3.17 bits per heavy atom. The third-order valence-electron chi connectivity index (χ3n) is 1.68. The van der Waals surface area contributed by atoms with Crippen molar-refractivity contribution in [3.05, 3.63) is 16.7 Å². The molecule has 2 aromatic heterocycles. The van der Waals surface area contributed by atoms with Crippen LogP contribution >= 0.6 is 0 Å². The van der Waals surface area contributed by atoms with Crippen molar-refractivity contribution in [2.75, 3.05) is 5.73 Å². The second kappa shape index (κ2) is 2.07. The molecule has 0 spiro atoms. The van der Waals surface area contributed by atoms with Crippen molar-refractivity contribution >= 4 is 17.1 Å². The molecule has 0 aliphatic heterocycles. The number of nitrogens with one attached hydrogen (secondary N) is 1. The standard InChI is InChI=1S/C6H7N5O/c1-11-3-2-8-5(7)9-4(3)10-6(11)12/h2H,1H3,(H3,7,8,9,10,12). The first-order valence-electron chi connectivity index (χ1n) is 3.35. The largest absolute Gasteiger partial charge is 0.368 e.